The third-order valence-electron chi connectivity index (χ3n) is 4.04. The Morgan fingerprint density at radius 3 is 2.74 bits per heavy atom. The van der Waals surface area contributed by atoms with Crippen molar-refractivity contribution in [2.45, 2.75) is 19.1 Å². The van der Waals surface area contributed by atoms with Crippen LogP contribution in [0.3, 0.4) is 0 Å². The van der Waals surface area contributed by atoms with E-state index in [9.17, 15) is 4.79 Å². The van der Waals surface area contributed by atoms with Crippen molar-refractivity contribution >= 4 is 35.0 Å². The van der Waals surface area contributed by atoms with Crippen molar-refractivity contribution in [3.05, 3.63) is 58.7 Å². The van der Waals surface area contributed by atoms with Gasteiger partial charge in [0.1, 0.15) is 5.75 Å². The first-order valence-electron chi connectivity index (χ1n) is 8.26. The fourth-order valence-corrected chi connectivity index (χ4v) is 3.28. The molecule has 0 radical (unpaired) electrons. The van der Waals surface area contributed by atoms with Gasteiger partial charge in [-0.1, -0.05) is 35.5 Å². The number of halogens is 1. The highest BCUT2D eigenvalue weighted by molar-refractivity contribution is 7.99. The number of aryl methyl sites for hydroxylation is 2. The summed E-state index contributed by atoms with van der Waals surface area (Å²) in [5.41, 5.74) is 3.99. The number of hydrogen-bond donors (Lipinski definition) is 1. The first-order chi connectivity index (χ1) is 13.0. The molecule has 0 aliphatic carbocycles. The van der Waals surface area contributed by atoms with E-state index in [1.165, 1.54) is 22.9 Å². The number of oxazole rings is 1. The molecule has 27 heavy (non-hydrogen) atoms. The number of methoxy groups -OCH3 is 1. The van der Waals surface area contributed by atoms with Gasteiger partial charge in [0, 0.05) is 11.3 Å². The zero-order valence-corrected chi connectivity index (χ0v) is 16.8. The highest BCUT2D eigenvalue weighted by Crippen LogP contribution is 2.28. The molecule has 140 valence electrons. The number of nitrogens with zero attached hydrogens (tertiary/aromatic N) is 1. The molecule has 1 amide bonds. The number of ether oxygens (including phenoxy) is 1. The Kier molecular flexibility index (Phi) is 6.08. The van der Waals surface area contributed by atoms with Gasteiger partial charge in [0.15, 0.2) is 5.76 Å². The van der Waals surface area contributed by atoms with Gasteiger partial charge in [0.2, 0.25) is 5.91 Å². The van der Waals surface area contributed by atoms with Crippen LogP contribution in [0.5, 0.6) is 5.75 Å². The van der Waals surface area contributed by atoms with E-state index in [0.717, 1.165) is 5.56 Å². The van der Waals surface area contributed by atoms with Crippen LogP contribution in [0.1, 0.15) is 11.1 Å². The zero-order chi connectivity index (χ0) is 19.4. The summed E-state index contributed by atoms with van der Waals surface area (Å²) < 4.78 is 10.8. The van der Waals surface area contributed by atoms with E-state index in [-0.39, 0.29) is 11.7 Å². The van der Waals surface area contributed by atoms with Gasteiger partial charge in [0.25, 0.3) is 5.22 Å². The number of amides is 1. The molecule has 1 heterocycles. The van der Waals surface area contributed by atoms with Crippen LogP contribution < -0.4 is 10.1 Å². The van der Waals surface area contributed by atoms with E-state index < -0.39 is 0 Å². The molecule has 0 fully saturated rings. The molecular weight excluding hydrogens is 384 g/mol. The monoisotopic (exact) mass is 402 g/mol. The van der Waals surface area contributed by atoms with E-state index in [1.54, 1.807) is 31.5 Å². The first-order valence-corrected chi connectivity index (χ1v) is 9.62. The average Bonchev–Trinajstić information content (AvgIpc) is 3.11. The van der Waals surface area contributed by atoms with E-state index in [0.29, 0.717) is 27.4 Å². The molecule has 7 heteroatoms. The van der Waals surface area contributed by atoms with Gasteiger partial charge >= 0.3 is 0 Å². The highest BCUT2D eigenvalue weighted by atomic mass is 35.5. The number of anilines is 1. The molecule has 0 saturated carbocycles. The summed E-state index contributed by atoms with van der Waals surface area (Å²) in [6.45, 7) is 4.12. The second-order valence-electron chi connectivity index (χ2n) is 5.98. The minimum atomic E-state index is -0.174. The number of hydrogen-bond acceptors (Lipinski definition) is 5. The Labute approximate surface area is 167 Å². The Bertz CT molecular complexity index is 972. The van der Waals surface area contributed by atoms with E-state index in [1.807, 2.05) is 12.1 Å². The maximum atomic E-state index is 12.1. The molecule has 0 saturated heterocycles. The number of nitrogens with one attached hydrogen (secondary N) is 1. The predicted octanol–water partition coefficient (Wildman–Crippen LogP) is 5.35. The Hall–Kier alpha value is -2.44. The molecule has 0 bridgehead atoms. The highest BCUT2D eigenvalue weighted by Gasteiger charge is 2.11. The maximum absolute atomic E-state index is 12.1. The summed E-state index contributed by atoms with van der Waals surface area (Å²) in [5, 5.41) is 3.68. The second-order valence-corrected chi connectivity index (χ2v) is 7.31. The summed E-state index contributed by atoms with van der Waals surface area (Å²) in [7, 11) is 1.54. The van der Waals surface area contributed by atoms with Crippen LogP contribution in [0.4, 0.5) is 5.69 Å². The molecule has 0 atom stereocenters. The van der Waals surface area contributed by atoms with Gasteiger partial charge in [-0.15, -0.1) is 0 Å². The molecule has 0 unspecified atom stereocenters. The van der Waals surface area contributed by atoms with Crippen LogP contribution in [-0.4, -0.2) is 23.8 Å². The number of carbonyl (C=O) groups excluding carboxylic acids is 1. The van der Waals surface area contributed by atoms with Gasteiger partial charge < -0.3 is 14.5 Å². The summed E-state index contributed by atoms with van der Waals surface area (Å²) in [5.74, 6) is 1.24. The number of thioether (sulfide) groups is 1. The third kappa shape index (κ3) is 4.84. The predicted molar refractivity (Wildman–Crippen MR) is 109 cm³/mol. The molecule has 0 aliphatic rings. The van der Waals surface area contributed by atoms with Crippen molar-refractivity contribution in [3.63, 3.8) is 0 Å². The standard InChI is InChI=1S/C20H19ClN2O3S/c1-12-4-5-14(8-13(12)2)18-10-22-20(26-18)27-11-19(24)23-15-6-7-17(25-3)16(21)9-15/h4-10H,11H2,1-3H3,(H,23,24). The molecule has 5 nitrogen and oxygen atoms in total. The number of benzene rings is 2. The van der Waals surface area contributed by atoms with Gasteiger partial charge in [-0.05, 0) is 49.2 Å². The summed E-state index contributed by atoms with van der Waals surface area (Å²) in [6.07, 6.45) is 1.67. The van der Waals surface area contributed by atoms with Crippen LogP contribution in [0.15, 0.2) is 52.2 Å². The summed E-state index contributed by atoms with van der Waals surface area (Å²) in [4.78, 5) is 16.4. The quantitative estimate of drug-likeness (QED) is 0.563. The normalized spacial score (nSPS) is 10.7. The van der Waals surface area contributed by atoms with Crippen molar-refractivity contribution in [1.29, 1.82) is 0 Å². The van der Waals surface area contributed by atoms with Gasteiger partial charge in [-0.2, -0.15) is 0 Å². The van der Waals surface area contributed by atoms with Crippen LogP contribution >= 0.6 is 23.4 Å². The lowest BCUT2D eigenvalue weighted by atomic mass is 10.1. The summed E-state index contributed by atoms with van der Waals surface area (Å²) >= 11 is 7.30. The van der Waals surface area contributed by atoms with Crippen LogP contribution in [0, 0.1) is 13.8 Å². The van der Waals surface area contributed by atoms with Gasteiger partial charge in [-0.25, -0.2) is 4.98 Å². The van der Waals surface area contributed by atoms with Crippen molar-refractivity contribution in [3.8, 4) is 17.1 Å². The molecule has 1 N–H and O–H groups in total. The topological polar surface area (TPSA) is 64.4 Å². The lowest BCUT2D eigenvalue weighted by Gasteiger charge is -2.07. The molecule has 0 spiro atoms. The number of aromatic nitrogens is 1. The van der Waals surface area contributed by atoms with Crippen LogP contribution in [0.25, 0.3) is 11.3 Å². The molecular formula is C20H19ClN2O3S. The first kappa shape index (κ1) is 19.3. The third-order valence-corrected chi connectivity index (χ3v) is 5.18. The van der Waals surface area contributed by atoms with Crippen molar-refractivity contribution < 1.29 is 13.9 Å². The molecule has 3 aromatic rings. The Balaban J connectivity index is 1.58. The molecule has 1 aromatic heterocycles. The van der Waals surface area contributed by atoms with Crippen molar-refractivity contribution in [1.82, 2.24) is 4.98 Å². The van der Waals surface area contributed by atoms with Crippen LogP contribution in [-0.2, 0) is 4.79 Å². The second kappa shape index (κ2) is 8.50. The van der Waals surface area contributed by atoms with E-state index in [4.69, 9.17) is 20.8 Å². The Morgan fingerprint density at radius 1 is 1.22 bits per heavy atom. The van der Waals surface area contributed by atoms with E-state index >= 15 is 0 Å². The molecule has 3 rings (SSSR count). The lowest BCUT2D eigenvalue weighted by Crippen LogP contribution is -2.13. The smallest absolute Gasteiger partial charge is 0.256 e. The number of rotatable bonds is 6. The maximum Gasteiger partial charge on any atom is 0.256 e. The lowest BCUT2D eigenvalue weighted by molar-refractivity contribution is -0.113. The SMILES string of the molecule is COc1ccc(NC(=O)CSc2ncc(-c3ccc(C)c(C)c3)o2)cc1Cl. The minimum Gasteiger partial charge on any atom is -0.495 e. The zero-order valence-electron chi connectivity index (χ0n) is 15.2. The van der Waals surface area contributed by atoms with E-state index in [2.05, 4.69) is 30.2 Å². The van der Waals surface area contributed by atoms with Crippen molar-refractivity contribution in [2.24, 2.45) is 0 Å². The van der Waals surface area contributed by atoms with Gasteiger partial charge in [0.05, 0.1) is 24.1 Å². The molecule has 2 aromatic carbocycles. The molecule has 0 aliphatic heterocycles. The summed E-state index contributed by atoms with van der Waals surface area (Å²) in [6, 6.07) is 11.2. The Morgan fingerprint density at radius 2 is 2.04 bits per heavy atom. The average molecular weight is 403 g/mol. The minimum absolute atomic E-state index is 0.174. The fourth-order valence-electron chi connectivity index (χ4n) is 2.42. The van der Waals surface area contributed by atoms with Gasteiger partial charge in [-0.3, -0.25) is 4.79 Å². The van der Waals surface area contributed by atoms with Crippen LogP contribution in [0.2, 0.25) is 5.02 Å². The fraction of sp³-hybridized carbons (Fsp3) is 0.200. The van der Waals surface area contributed by atoms with Crippen molar-refractivity contribution in [2.75, 3.05) is 18.2 Å². The number of carbonyl (C=O) groups is 1. The largest absolute Gasteiger partial charge is 0.495 e.